The van der Waals surface area contributed by atoms with E-state index in [1.165, 1.54) is 17.4 Å². The van der Waals surface area contributed by atoms with E-state index in [9.17, 15) is 15.2 Å². The van der Waals surface area contributed by atoms with Crippen molar-refractivity contribution in [1.29, 1.82) is 0 Å². The summed E-state index contributed by atoms with van der Waals surface area (Å²) in [5, 5.41) is 24.8. The van der Waals surface area contributed by atoms with Crippen LogP contribution in [0.4, 0.5) is 5.69 Å². The maximum absolute atomic E-state index is 11.7. The van der Waals surface area contributed by atoms with Gasteiger partial charge in [0.15, 0.2) is 0 Å². The molecule has 8 heteroatoms. The number of benzene rings is 1. The highest BCUT2D eigenvalue weighted by atomic mass is 127. The Morgan fingerprint density at radius 2 is 2.00 bits per heavy atom. The van der Waals surface area contributed by atoms with Gasteiger partial charge in [-0.1, -0.05) is 30.3 Å². The van der Waals surface area contributed by atoms with Gasteiger partial charge in [0, 0.05) is 11.6 Å². The molecule has 0 amide bonds. The van der Waals surface area contributed by atoms with Crippen LogP contribution >= 0.6 is 11.3 Å². The standard InChI is InChI=1S/C16H18N3O3S.HI/c1-17-9-10-18(2)15(17)16(20,12-6-4-3-5-7-12)14-13(19(21)22)8-11-23-14;/h3-8,11,20H,9-10H2,1-2H3;1H/q+1;/p-1. The Balaban J connectivity index is 0.00000208. The minimum atomic E-state index is -1.54. The number of halogens is 1. The first kappa shape index (κ1) is 18.8. The summed E-state index contributed by atoms with van der Waals surface area (Å²) in [4.78, 5) is 13.3. The predicted molar refractivity (Wildman–Crippen MR) is 89.1 cm³/mol. The molecule has 24 heavy (non-hydrogen) atoms. The van der Waals surface area contributed by atoms with E-state index in [2.05, 4.69) is 0 Å². The summed E-state index contributed by atoms with van der Waals surface area (Å²) in [6.07, 6.45) is 0. The molecule has 6 nitrogen and oxygen atoms in total. The Labute approximate surface area is 161 Å². The van der Waals surface area contributed by atoms with Gasteiger partial charge in [0.1, 0.15) is 18.0 Å². The third-order valence-corrected chi connectivity index (χ3v) is 5.19. The van der Waals surface area contributed by atoms with Gasteiger partial charge in [0.05, 0.1) is 19.0 Å². The predicted octanol–water partition coefficient (Wildman–Crippen LogP) is -1.12. The molecule has 0 spiro atoms. The topological polar surface area (TPSA) is 69.6 Å². The summed E-state index contributed by atoms with van der Waals surface area (Å²) in [6, 6.07) is 10.6. The van der Waals surface area contributed by atoms with Crippen LogP contribution in [-0.2, 0) is 5.60 Å². The number of likely N-dealkylation sites (N-methyl/N-ethyl adjacent to an activating group) is 2. The number of rotatable bonds is 4. The summed E-state index contributed by atoms with van der Waals surface area (Å²) in [6.45, 7) is 1.53. The fraction of sp³-hybridized carbons (Fsp3) is 0.312. The first-order valence-electron chi connectivity index (χ1n) is 7.26. The van der Waals surface area contributed by atoms with Crippen molar-refractivity contribution in [1.82, 2.24) is 4.90 Å². The average Bonchev–Trinajstić information content (AvgIpc) is 3.15. The average molecular weight is 459 g/mol. The van der Waals surface area contributed by atoms with Gasteiger partial charge in [-0.3, -0.25) is 19.6 Å². The maximum atomic E-state index is 11.7. The van der Waals surface area contributed by atoms with Gasteiger partial charge in [-0.15, -0.1) is 11.3 Å². The van der Waals surface area contributed by atoms with E-state index in [1.54, 1.807) is 17.5 Å². The SMILES string of the molecule is CN1CC[N+](C)=C1C(O)(c1ccccc1)c1sccc1[N+](=O)[O-].[I-]. The van der Waals surface area contributed by atoms with Gasteiger partial charge in [0.2, 0.25) is 5.60 Å². The van der Waals surface area contributed by atoms with E-state index in [4.69, 9.17) is 0 Å². The van der Waals surface area contributed by atoms with Crippen LogP contribution in [0, 0.1) is 10.1 Å². The number of thiophene rings is 1. The van der Waals surface area contributed by atoms with Crippen LogP contribution in [0.25, 0.3) is 0 Å². The number of amidine groups is 1. The molecule has 1 aromatic heterocycles. The van der Waals surface area contributed by atoms with Crippen molar-refractivity contribution >= 4 is 22.9 Å². The minimum absolute atomic E-state index is 0. The van der Waals surface area contributed by atoms with E-state index in [0.29, 0.717) is 16.3 Å². The molecule has 1 aromatic carbocycles. The Morgan fingerprint density at radius 1 is 1.33 bits per heavy atom. The largest absolute Gasteiger partial charge is 1.00 e. The first-order chi connectivity index (χ1) is 11.0. The molecule has 1 N–H and O–H groups in total. The van der Waals surface area contributed by atoms with E-state index in [-0.39, 0.29) is 29.7 Å². The molecule has 1 aliphatic heterocycles. The van der Waals surface area contributed by atoms with Crippen molar-refractivity contribution in [2.24, 2.45) is 0 Å². The highest BCUT2D eigenvalue weighted by Gasteiger charge is 2.52. The summed E-state index contributed by atoms with van der Waals surface area (Å²) >= 11 is 1.20. The zero-order chi connectivity index (χ0) is 16.6. The molecule has 128 valence electrons. The monoisotopic (exact) mass is 459 g/mol. The van der Waals surface area contributed by atoms with Crippen molar-refractivity contribution in [3.8, 4) is 0 Å². The Bertz CT molecular complexity index is 778. The van der Waals surface area contributed by atoms with Crippen molar-refractivity contribution in [2.75, 3.05) is 27.2 Å². The highest BCUT2D eigenvalue weighted by Crippen LogP contribution is 2.41. The van der Waals surface area contributed by atoms with Gasteiger partial charge >= 0.3 is 0 Å². The normalized spacial score (nSPS) is 16.7. The number of hydrogen-bond donors (Lipinski definition) is 1. The zero-order valence-electron chi connectivity index (χ0n) is 13.3. The Kier molecular flexibility index (Phi) is 5.61. The third kappa shape index (κ3) is 2.93. The summed E-state index contributed by atoms with van der Waals surface area (Å²) in [5.74, 6) is 0.661. The maximum Gasteiger partial charge on any atom is 0.289 e. The number of hydrogen-bond acceptors (Lipinski definition) is 5. The van der Waals surface area contributed by atoms with Crippen LogP contribution in [0.1, 0.15) is 10.4 Å². The van der Waals surface area contributed by atoms with Crippen molar-refractivity contribution in [3.63, 3.8) is 0 Å². The molecular weight excluding hydrogens is 441 g/mol. The molecule has 0 radical (unpaired) electrons. The molecule has 0 bridgehead atoms. The molecule has 1 atom stereocenters. The lowest BCUT2D eigenvalue weighted by molar-refractivity contribution is -0.491. The van der Waals surface area contributed by atoms with Gasteiger partial charge in [-0.25, -0.2) is 0 Å². The van der Waals surface area contributed by atoms with Gasteiger partial charge < -0.3 is 29.1 Å². The molecular formula is C16H18IN3O3S. The van der Waals surface area contributed by atoms with E-state index in [1.807, 2.05) is 41.8 Å². The van der Waals surface area contributed by atoms with Crippen LogP contribution in [0.15, 0.2) is 41.8 Å². The molecule has 2 aromatic rings. The van der Waals surface area contributed by atoms with Gasteiger partial charge in [-0.2, -0.15) is 0 Å². The summed E-state index contributed by atoms with van der Waals surface area (Å²) in [5.41, 5.74) is -0.971. The van der Waals surface area contributed by atoms with Crippen molar-refractivity contribution < 1.29 is 38.6 Å². The lowest BCUT2D eigenvalue weighted by Crippen LogP contribution is -3.00. The van der Waals surface area contributed by atoms with E-state index < -0.39 is 10.5 Å². The Morgan fingerprint density at radius 3 is 2.54 bits per heavy atom. The van der Waals surface area contributed by atoms with Gasteiger partial charge in [-0.05, 0) is 5.38 Å². The molecule has 0 saturated carbocycles. The lowest BCUT2D eigenvalue weighted by atomic mass is 9.89. The van der Waals surface area contributed by atoms with Gasteiger partial charge in [0.25, 0.3) is 11.5 Å². The third-order valence-electron chi connectivity index (χ3n) is 4.18. The fourth-order valence-corrected chi connectivity index (χ4v) is 4.09. The molecule has 2 heterocycles. The quantitative estimate of drug-likeness (QED) is 0.273. The second kappa shape index (κ2) is 7.16. The number of nitrogens with zero attached hydrogens (tertiary/aromatic N) is 3. The summed E-state index contributed by atoms with van der Waals surface area (Å²) in [7, 11) is 3.79. The summed E-state index contributed by atoms with van der Waals surface area (Å²) < 4.78 is 1.95. The highest BCUT2D eigenvalue weighted by molar-refractivity contribution is 7.10. The Hall–Kier alpha value is -1.52. The van der Waals surface area contributed by atoms with Crippen molar-refractivity contribution in [2.45, 2.75) is 5.60 Å². The van der Waals surface area contributed by atoms with Crippen LogP contribution in [0.3, 0.4) is 0 Å². The fourth-order valence-electron chi connectivity index (χ4n) is 3.11. The van der Waals surface area contributed by atoms with E-state index in [0.717, 1.165) is 13.1 Å². The number of aliphatic hydroxyl groups is 1. The molecule has 0 aliphatic carbocycles. The zero-order valence-corrected chi connectivity index (χ0v) is 16.3. The molecule has 1 aliphatic rings. The minimum Gasteiger partial charge on any atom is -1.00 e. The van der Waals surface area contributed by atoms with Crippen molar-refractivity contribution in [3.05, 3.63) is 62.3 Å². The first-order valence-corrected chi connectivity index (χ1v) is 8.14. The molecule has 0 saturated heterocycles. The number of nitro groups is 1. The lowest BCUT2D eigenvalue weighted by Gasteiger charge is -2.27. The van der Waals surface area contributed by atoms with Crippen LogP contribution in [-0.4, -0.2) is 52.5 Å². The molecule has 3 rings (SSSR count). The smallest absolute Gasteiger partial charge is 0.289 e. The second-order valence-corrected chi connectivity index (χ2v) is 6.55. The van der Waals surface area contributed by atoms with Crippen LogP contribution in [0.5, 0.6) is 0 Å². The second-order valence-electron chi connectivity index (χ2n) is 5.64. The molecule has 0 fully saturated rings. The van der Waals surface area contributed by atoms with Crippen LogP contribution in [0.2, 0.25) is 0 Å². The molecule has 1 unspecified atom stereocenters. The van der Waals surface area contributed by atoms with E-state index >= 15 is 0 Å². The van der Waals surface area contributed by atoms with Crippen LogP contribution < -0.4 is 24.0 Å².